The Labute approximate surface area is 358 Å². The number of nitrogens with zero attached hydrogens (tertiary/aromatic N) is 2. The van der Waals surface area contributed by atoms with E-state index < -0.39 is 24.8 Å². The first-order chi connectivity index (χ1) is 31.8. The number of halogens is 1. The van der Waals surface area contributed by atoms with E-state index in [1.54, 1.807) is 0 Å². The Kier molecular flexibility index (Phi) is 6.14. The molecule has 9 aromatic carbocycles. The Morgan fingerprint density at radius 2 is 1.20 bits per heavy atom. The Morgan fingerprint density at radius 3 is 2.00 bits per heavy atom. The molecule has 6 heteroatoms. The maximum atomic E-state index is 9.14. The minimum atomic E-state index is -0.456. The third kappa shape index (κ3) is 4.75. The van der Waals surface area contributed by atoms with Crippen LogP contribution in [0.2, 0.25) is 5.02 Å². The highest BCUT2D eigenvalue weighted by molar-refractivity contribution is 7.00. The SMILES string of the molecule is [2H]c1c([2H])c([2H])c(-c2cc3c4c(c2)N(c2ccccc2-c2ccccc2)c2cc(Cl)ccc2B4c2c(cc(-n4c5ccccc5c5ccccc54)c4c2oc2ccccc24)O3)c([2H])c1[2H]. The van der Waals surface area contributed by atoms with Crippen LogP contribution < -0.4 is 26.0 Å². The van der Waals surface area contributed by atoms with Gasteiger partial charge < -0.3 is 18.6 Å². The van der Waals surface area contributed by atoms with Crippen molar-refractivity contribution < 1.29 is 16.0 Å². The van der Waals surface area contributed by atoms with Crippen LogP contribution >= 0.6 is 11.6 Å². The molecule has 4 heterocycles. The number of aromatic nitrogens is 1. The molecular formula is C54H32BClN2O2. The van der Waals surface area contributed by atoms with E-state index in [1.807, 2.05) is 72.8 Å². The fourth-order valence-electron chi connectivity index (χ4n) is 9.75. The molecule has 2 aromatic heterocycles. The molecule has 0 unspecified atom stereocenters. The molecule has 2 aliphatic rings. The van der Waals surface area contributed by atoms with E-state index >= 15 is 0 Å². The second-order valence-electron chi connectivity index (χ2n) is 15.3. The molecule has 13 rings (SSSR count). The second kappa shape index (κ2) is 12.8. The fourth-order valence-corrected chi connectivity index (χ4v) is 9.92. The van der Waals surface area contributed by atoms with Crippen LogP contribution in [0.25, 0.3) is 71.7 Å². The molecule has 0 saturated heterocycles. The van der Waals surface area contributed by atoms with Gasteiger partial charge in [-0.05, 0) is 76.1 Å². The molecule has 0 radical (unpaired) electrons. The number of fused-ring (bicyclic) bond motifs is 11. The molecule has 0 atom stereocenters. The molecule has 0 N–H and O–H groups in total. The molecule has 280 valence electrons. The summed E-state index contributed by atoms with van der Waals surface area (Å²) >= 11 is 7.01. The molecule has 0 amide bonds. The molecular weight excluding hydrogens is 755 g/mol. The lowest BCUT2D eigenvalue weighted by atomic mass is 9.34. The largest absolute Gasteiger partial charge is 0.458 e. The average molecular weight is 792 g/mol. The Balaban J connectivity index is 1.17. The van der Waals surface area contributed by atoms with Crippen LogP contribution in [-0.2, 0) is 0 Å². The van der Waals surface area contributed by atoms with Gasteiger partial charge in [-0.15, -0.1) is 0 Å². The topological polar surface area (TPSA) is 30.5 Å². The van der Waals surface area contributed by atoms with Gasteiger partial charge in [0.25, 0.3) is 6.71 Å². The third-order valence-electron chi connectivity index (χ3n) is 12.2. The number of furan rings is 1. The van der Waals surface area contributed by atoms with E-state index in [2.05, 4.69) is 100 Å². The van der Waals surface area contributed by atoms with Gasteiger partial charge in [-0.3, -0.25) is 0 Å². The summed E-state index contributed by atoms with van der Waals surface area (Å²) in [4.78, 5) is 2.17. The third-order valence-corrected chi connectivity index (χ3v) is 12.4. The van der Waals surface area contributed by atoms with Crippen molar-refractivity contribution in [2.75, 3.05) is 4.90 Å². The zero-order chi connectivity index (χ0) is 43.8. The summed E-state index contributed by atoms with van der Waals surface area (Å²) in [6.07, 6.45) is 0. The standard InChI is InChI=1S/C54H32BClN2O2/c56-36-27-28-41-45(31-36)58(42-23-11-7-19-37(42)34-17-5-2-6-18-34)47-29-35(33-15-3-1-4-16-33)30-49-52(47)55(41)53-50(59-49)32-46(51-40-22-10-14-26-48(40)60-54(51)53)57-43-24-12-8-20-38(43)39-21-9-13-25-44(39)57/h1-32H/i1D,3D,4D,15D,16D. The van der Waals surface area contributed by atoms with Gasteiger partial charge in [-0.2, -0.15) is 0 Å². The number of hydrogen-bond acceptors (Lipinski definition) is 3. The van der Waals surface area contributed by atoms with Gasteiger partial charge in [0.05, 0.1) is 34.6 Å². The molecule has 4 nitrogen and oxygen atoms in total. The molecule has 11 aromatic rings. The predicted molar refractivity (Wildman–Crippen MR) is 250 cm³/mol. The van der Waals surface area contributed by atoms with Gasteiger partial charge in [0.15, 0.2) is 0 Å². The number of anilines is 3. The van der Waals surface area contributed by atoms with Crippen LogP contribution in [0.15, 0.2) is 198 Å². The minimum absolute atomic E-state index is 0.0767. The van der Waals surface area contributed by atoms with Crippen LogP contribution in [0.5, 0.6) is 11.5 Å². The first-order valence-corrected chi connectivity index (χ1v) is 20.3. The molecule has 0 bridgehead atoms. The lowest BCUT2D eigenvalue weighted by Crippen LogP contribution is -2.59. The van der Waals surface area contributed by atoms with Crippen molar-refractivity contribution in [2.24, 2.45) is 0 Å². The summed E-state index contributed by atoms with van der Waals surface area (Å²) in [6, 6.07) is 53.3. The van der Waals surface area contributed by atoms with Crippen LogP contribution in [0.4, 0.5) is 17.1 Å². The van der Waals surface area contributed by atoms with Gasteiger partial charge in [-0.25, -0.2) is 0 Å². The summed E-state index contributed by atoms with van der Waals surface area (Å²) in [7, 11) is 0. The van der Waals surface area contributed by atoms with Crippen molar-refractivity contribution in [3.8, 4) is 39.4 Å². The number of para-hydroxylation sites is 4. The van der Waals surface area contributed by atoms with Crippen molar-refractivity contribution in [3.05, 3.63) is 199 Å². The van der Waals surface area contributed by atoms with Gasteiger partial charge in [0, 0.05) is 49.6 Å². The van der Waals surface area contributed by atoms with E-state index in [1.165, 1.54) is 0 Å². The first kappa shape index (κ1) is 28.9. The van der Waals surface area contributed by atoms with Gasteiger partial charge in [-0.1, -0.05) is 151 Å². The maximum Gasteiger partial charge on any atom is 0.261 e. The van der Waals surface area contributed by atoms with Crippen molar-refractivity contribution in [2.45, 2.75) is 0 Å². The zero-order valence-electron chi connectivity index (χ0n) is 36.8. The summed E-state index contributed by atoms with van der Waals surface area (Å²) < 4.78 is 60.7. The van der Waals surface area contributed by atoms with E-state index in [4.69, 9.17) is 27.6 Å². The van der Waals surface area contributed by atoms with E-state index in [-0.39, 0.29) is 17.6 Å². The predicted octanol–water partition coefficient (Wildman–Crippen LogP) is 13.1. The highest BCUT2D eigenvalue weighted by Crippen LogP contribution is 2.48. The van der Waals surface area contributed by atoms with Gasteiger partial charge >= 0.3 is 0 Å². The summed E-state index contributed by atoms with van der Waals surface area (Å²) in [5.74, 6) is 1.07. The summed E-state index contributed by atoms with van der Waals surface area (Å²) in [5.41, 5.74) is 11.9. The Bertz CT molecular complexity index is 3790. The smallest absolute Gasteiger partial charge is 0.261 e. The highest BCUT2D eigenvalue weighted by atomic mass is 35.5. The first-order valence-electron chi connectivity index (χ1n) is 22.4. The zero-order valence-corrected chi connectivity index (χ0v) is 32.5. The minimum Gasteiger partial charge on any atom is -0.458 e. The number of rotatable bonds is 4. The monoisotopic (exact) mass is 791 g/mol. The summed E-state index contributed by atoms with van der Waals surface area (Å²) in [6.45, 7) is -0.444. The molecule has 0 aliphatic carbocycles. The number of ether oxygens (including phenoxy) is 1. The second-order valence-corrected chi connectivity index (χ2v) is 15.8. The number of benzene rings is 9. The van der Waals surface area contributed by atoms with Gasteiger partial charge in [0.1, 0.15) is 22.7 Å². The summed E-state index contributed by atoms with van der Waals surface area (Å²) in [5, 5.41) is 4.70. The van der Waals surface area contributed by atoms with Crippen LogP contribution in [0, 0.1) is 0 Å². The van der Waals surface area contributed by atoms with Crippen LogP contribution in [0.1, 0.15) is 6.85 Å². The van der Waals surface area contributed by atoms with Crippen molar-refractivity contribution in [3.63, 3.8) is 0 Å². The lowest BCUT2D eigenvalue weighted by molar-refractivity contribution is 0.487. The lowest BCUT2D eigenvalue weighted by Gasteiger charge is -2.41. The van der Waals surface area contributed by atoms with Crippen molar-refractivity contribution >= 4 is 95.5 Å². The van der Waals surface area contributed by atoms with Crippen LogP contribution in [-0.4, -0.2) is 11.3 Å². The Hall–Kier alpha value is -7.47. The van der Waals surface area contributed by atoms with E-state index in [9.17, 15) is 0 Å². The van der Waals surface area contributed by atoms with Crippen molar-refractivity contribution in [1.29, 1.82) is 0 Å². The number of hydrogen-bond donors (Lipinski definition) is 0. The molecule has 60 heavy (non-hydrogen) atoms. The molecule has 0 saturated carbocycles. The Morgan fingerprint density at radius 1 is 0.517 bits per heavy atom. The van der Waals surface area contributed by atoms with Gasteiger partial charge in [0.2, 0.25) is 0 Å². The molecule has 0 fully saturated rings. The van der Waals surface area contributed by atoms with Crippen LogP contribution in [0.3, 0.4) is 0 Å². The fraction of sp³-hybridized carbons (Fsp3) is 0. The highest BCUT2D eigenvalue weighted by Gasteiger charge is 2.45. The van der Waals surface area contributed by atoms with Crippen molar-refractivity contribution in [1.82, 2.24) is 4.57 Å². The average Bonchev–Trinajstić information content (AvgIpc) is 3.89. The van der Waals surface area contributed by atoms with E-state index in [0.29, 0.717) is 33.4 Å². The molecule has 2 aliphatic heterocycles. The quantitative estimate of drug-likeness (QED) is 0.166. The molecule has 0 spiro atoms. The normalized spacial score (nSPS) is 14.0. The van der Waals surface area contributed by atoms with E-state index in [0.717, 1.165) is 82.7 Å². The maximum absolute atomic E-state index is 9.14.